The van der Waals surface area contributed by atoms with Crippen molar-refractivity contribution in [3.8, 4) is 0 Å². The van der Waals surface area contributed by atoms with Crippen molar-refractivity contribution >= 4 is 17.7 Å². The molecule has 1 fully saturated rings. The summed E-state index contributed by atoms with van der Waals surface area (Å²) in [6.07, 6.45) is 7.06. The molecule has 2 rings (SSSR count). The summed E-state index contributed by atoms with van der Waals surface area (Å²) in [5.41, 5.74) is 5.96. The van der Waals surface area contributed by atoms with Gasteiger partial charge in [-0.05, 0) is 18.2 Å². The van der Waals surface area contributed by atoms with E-state index in [9.17, 15) is 4.79 Å². The second-order valence-corrected chi connectivity index (χ2v) is 4.95. The molecule has 3 nitrogen and oxygen atoms in total. The van der Waals surface area contributed by atoms with Crippen LogP contribution < -0.4 is 5.73 Å². The molecule has 2 aliphatic rings. The summed E-state index contributed by atoms with van der Waals surface area (Å²) in [6.45, 7) is 2.25. The average molecular weight is 225 g/mol. The van der Waals surface area contributed by atoms with Gasteiger partial charge in [-0.25, -0.2) is 0 Å². The van der Waals surface area contributed by atoms with Crippen LogP contribution in [-0.4, -0.2) is 18.0 Å². The van der Waals surface area contributed by atoms with E-state index in [1.807, 2.05) is 13.0 Å². The smallest absolute Gasteiger partial charge is 0.312 e. The Labute approximate surface area is 93.7 Å². The highest BCUT2D eigenvalue weighted by Crippen LogP contribution is 2.47. The van der Waals surface area contributed by atoms with Gasteiger partial charge in [0.1, 0.15) is 0 Å². The van der Waals surface area contributed by atoms with Crippen LogP contribution in [0.3, 0.4) is 0 Å². The van der Waals surface area contributed by atoms with Gasteiger partial charge in [0.2, 0.25) is 0 Å². The first-order valence-electron chi connectivity index (χ1n) is 5.19. The third-order valence-corrected chi connectivity index (χ3v) is 4.05. The maximum Gasteiger partial charge on any atom is 0.312 e. The molecule has 1 saturated heterocycles. The third kappa shape index (κ3) is 1.96. The van der Waals surface area contributed by atoms with E-state index in [1.165, 1.54) is 4.91 Å². The van der Waals surface area contributed by atoms with E-state index in [0.717, 1.165) is 6.42 Å². The molecule has 1 aliphatic heterocycles. The first kappa shape index (κ1) is 10.8. The molecule has 3 atom stereocenters. The molecule has 0 spiro atoms. The second-order valence-electron chi connectivity index (χ2n) is 3.70. The highest BCUT2D eigenvalue weighted by molar-refractivity contribution is 8.04. The minimum absolute atomic E-state index is 0.152. The van der Waals surface area contributed by atoms with Crippen LogP contribution in [0.5, 0.6) is 0 Å². The Kier molecular flexibility index (Phi) is 3.17. The van der Waals surface area contributed by atoms with Crippen LogP contribution in [0, 0.1) is 11.8 Å². The van der Waals surface area contributed by atoms with Gasteiger partial charge in [0.25, 0.3) is 0 Å². The summed E-state index contributed by atoms with van der Waals surface area (Å²) >= 11 is 1.60. The molecule has 0 aromatic carbocycles. The normalized spacial score (nSPS) is 33.5. The van der Waals surface area contributed by atoms with Crippen molar-refractivity contribution in [2.75, 3.05) is 6.61 Å². The van der Waals surface area contributed by atoms with E-state index in [1.54, 1.807) is 11.8 Å². The maximum atomic E-state index is 11.7. The summed E-state index contributed by atoms with van der Waals surface area (Å²) in [7, 11) is 0. The van der Waals surface area contributed by atoms with Crippen LogP contribution in [-0.2, 0) is 9.53 Å². The Bertz CT molecular complexity index is 325. The summed E-state index contributed by atoms with van der Waals surface area (Å²) in [5.74, 6) is -0.0820. The first-order chi connectivity index (χ1) is 7.24. The van der Waals surface area contributed by atoms with E-state index in [-0.39, 0.29) is 23.2 Å². The van der Waals surface area contributed by atoms with Gasteiger partial charge in [0.15, 0.2) is 0 Å². The number of rotatable bonds is 2. The number of esters is 1. The number of carbonyl (C=O) groups is 1. The largest absolute Gasteiger partial charge is 0.466 e. The van der Waals surface area contributed by atoms with E-state index >= 15 is 0 Å². The molecule has 0 aromatic rings. The predicted octanol–water partition coefficient (Wildman–Crippen LogP) is 1.66. The van der Waals surface area contributed by atoms with Crippen LogP contribution in [0.4, 0.5) is 0 Å². The molecule has 0 bridgehead atoms. The van der Waals surface area contributed by atoms with Gasteiger partial charge < -0.3 is 10.5 Å². The molecule has 4 heteroatoms. The lowest BCUT2D eigenvalue weighted by Crippen LogP contribution is -2.34. The molecule has 0 radical (unpaired) electrons. The van der Waals surface area contributed by atoms with Crippen molar-refractivity contribution in [2.45, 2.75) is 18.7 Å². The summed E-state index contributed by atoms with van der Waals surface area (Å²) in [4.78, 5) is 13.0. The van der Waals surface area contributed by atoms with E-state index in [4.69, 9.17) is 10.5 Å². The number of hydrogen-bond donors (Lipinski definition) is 1. The molecule has 0 saturated carbocycles. The predicted molar refractivity (Wildman–Crippen MR) is 61.0 cm³/mol. The number of carbonyl (C=O) groups excluding carboxylic acids is 1. The van der Waals surface area contributed by atoms with Crippen LogP contribution in [0.2, 0.25) is 0 Å². The Morgan fingerprint density at radius 1 is 1.73 bits per heavy atom. The first-order valence-corrected chi connectivity index (χ1v) is 6.07. The van der Waals surface area contributed by atoms with Crippen LogP contribution in [0.1, 0.15) is 13.3 Å². The summed E-state index contributed by atoms with van der Waals surface area (Å²) in [6, 6.07) is 0. The third-order valence-electron chi connectivity index (χ3n) is 2.77. The Morgan fingerprint density at radius 3 is 3.27 bits per heavy atom. The second kappa shape index (κ2) is 4.41. The lowest BCUT2D eigenvalue weighted by atomic mass is 9.87. The molecule has 1 aliphatic carbocycles. The van der Waals surface area contributed by atoms with Gasteiger partial charge in [-0.2, -0.15) is 0 Å². The van der Waals surface area contributed by atoms with Gasteiger partial charge in [-0.15, -0.1) is 11.8 Å². The standard InChI is InChI=1S/C11H15NO2S/c1-2-14-11(13)9-7-5-3-4-6-8(7)15-10(9)12/h3-4,6-7,9-10H,2,5,12H2,1H3. The van der Waals surface area contributed by atoms with Crippen molar-refractivity contribution in [3.05, 3.63) is 23.1 Å². The quantitative estimate of drug-likeness (QED) is 0.726. The fourth-order valence-electron chi connectivity index (χ4n) is 2.07. The summed E-state index contributed by atoms with van der Waals surface area (Å²) < 4.78 is 5.06. The molecule has 15 heavy (non-hydrogen) atoms. The number of ether oxygens (including phenoxy) is 1. The van der Waals surface area contributed by atoms with Crippen molar-refractivity contribution in [1.29, 1.82) is 0 Å². The minimum atomic E-state index is -0.175. The highest BCUT2D eigenvalue weighted by atomic mass is 32.2. The molecule has 82 valence electrons. The zero-order valence-corrected chi connectivity index (χ0v) is 9.50. The van der Waals surface area contributed by atoms with Crippen molar-refractivity contribution in [1.82, 2.24) is 0 Å². The van der Waals surface area contributed by atoms with Crippen LogP contribution in [0.15, 0.2) is 23.1 Å². The lowest BCUT2D eigenvalue weighted by Gasteiger charge is -2.20. The fraction of sp³-hybridized carbons (Fsp3) is 0.545. The molecule has 0 amide bonds. The zero-order valence-electron chi connectivity index (χ0n) is 8.68. The van der Waals surface area contributed by atoms with Gasteiger partial charge >= 0.3 is 5.97 Å². The minimum Gasteiger partial charge on any atom is -0.466 e. The molecule has 3 unspecified atom stereocenters. The van der Waals surface area contributed by atoms with Crippen molar-refractivity contribution < 1.29 is 9.53 Å². The number of allylic oxidation sites excluding steroid dienone is 4. The number of nitrogens with two attached hydrogens (primary N) is 1. The highest BCUT2D eigenvalue weighted by Gasteiger charge is 2.43. The Morgan fingerprint density at radius 2 is 2.53 bits per heavy atom. The molecular formula is C11H15NO2S. The zero-order chi connectivity index (χ0) is 10.8. The fourth-order valence-corrected chi connectivity index (χ4v) is 3.41. The van der Waals surface area contributed by atoms with Crippen molar-refractivity contribution in [3.63, 3.8) is 0 Å². The van der Waals surface area contributed by atoms with E-state index in [2.05, 4.69) is 12.2 Å². The van der Waals surface area contributed by atoms with Gasteiger partial charge in [0.05, 0.1) is 17.9 Å². The lowest BCUT2D eigenvalue weighted by molar-refractivity contribution is -0.149. The van der Waals surface area contributed by atoms with Crippen LogP contribution in [0.25, 0.3) is 0 Å². The Hall–Kier alpha value is -0.740. The maximum absolute atomic E-state index is 11.7. The number of fused-ring (bicyclic) bond motifs is 1. The Balaban J connectivity index is 2.15. The van der Waals surface area contributed by atoms with Crippen molar-refractivity contribution in [2.24, 2.45) is 17.6 Å². The topological polar surface area (TPSA) is 52.3 Å². The summed E-state index contributed by atoms with van der Waals surface area (Å²) in [5, 5.41) is -0.153. The SMILES string of the molecule is CCOC(=O)C1C(N)SC2=CC=CCC21. The van der Waals surface area contributed by atoms with Gasteiger partial charge in [-0.3, -0.25) is 4.79 Å². The van der Waals surface area contributed by atoms with Crippen LogP contribution >= 0.6 is 11.8 Å². The molecule has 0 aromatic heterocycles. The number of hydrogen-bond acceptors (Lipinski definition) is 4. The number of thioether (sulfide) groups is 1. The van der Waals surface area contributed by atoms with E-state index in [0.29, 0.717) is 6.61 Å². The monoisotopic (exact) mass is 225 g/mol. The van der Waals surface area contributed by atoms with E-state index < -0.39 is 0 Å². The van der Waals surface area contributed by atoms with Gasteiger partial charge in [0, 0.05) is 5.92 Å². The molecular weight excluding hydrogens is 210 g/mol. The molecule has 1 heterocycles. The average Bonchev–Trinajstić information content (AvgIpc) is 2.54. The molecule has 2 N–H and O–H groups in total. The van der Waals surface area contributed by atoms with Gasteiger partial charge in [-0.1, -0.05) is 18.2 Å².